The third kappa shape index (κ3) is 13.1. The lowest BCUT2D eigenvalue weighted by atomic mass is 10.0. The fourth-order valence-corrected chi connectivity index (χ4v) is 3.49. The maximum atomic E-state index is 12.0. The second-order valence-electron chi connectivity index (χ2n) is 7.58. The minimum absolute atomic E-state index is 0.161. The molecular weight excluding hydrogens is 416 g/mol. The normalized spacial score (nSPS) is 10.8. The molecular formula is C24H37BrO3. The van der Waals surface area contributed by atoms with Crippen LogP contribution in [0.5, 0.6) is 0 Å². The standard InChI is InChI=1S/C24H37BrO3/c1-2-3-4-5-6-7-8-9-10-11-12-13-14-15-24(27)28-20-23(26)21-16-18-22(25)19-17-21/h16-19H,2-15,20H2,1H3. The SMILES string of the molecule is CCCCCCCCCCCCCCCC(=O)OCC(=O)c1ccc(Br)cc1. The Morgan fingerprint density at radius 3 is 1.71 bits per heavy atom. The summed E-state index contributed by atoms with van der Waals surface area (Å²) in [5.41, 5.74) is 0.567. The van der Waals surface area contributed by atoms with E-state index in [4.69, 9.17) is 4.74 Å². The van der Waals surface area contributed by atoms with Crippen molar-refractivity contribution in [1.29, 1.82) is 0 Å². The quantitative estimate of drug-likeness (QED) is 0.138. The average molecular weight is 453 g/mol. The minimum Gasteiger partial charge on any atom is -0.457 e. The Kier molecular flexibility index (Phi) is 14.9. The minimum atomic E-state index is -0.270. The number of hydrogen-bond acceptors (Lipinski definition) is 3. The highest BCUT2D eigenvalue weighted by Gasteiger charge is 2.09. The van der Waals surface area contributed by atoms with Crippen molar-refractivity contribution in [3.05, 3.63) is 34.3 Å². The molecule has 0 radical (unpaired) electrons. The maximum absolute atomic E-state index is 12.0. The lowest BCUT2D eigenvalue weighted by molar-refractivity contribution is -0.142. The van der Waals surface area contributed by atoms with Gasteiger partial charge in [0.1, 0.15) is 0 Å². The number of carbonyl (C=O) groups excluding carboxylic acids is 2. The third-order valence-corrected chi connectivity index (χ3v) is 5.54. The van der Waals surface area contributed by atoms with Crippen molar-refractivity contribution < 1.29 is 14.3 Å². The number of carbonyl (C=O) groups is 2. The Hall–Kier alpha value is -1.16. The van der Waals surface area contributed by atoms with Crippen LogP contribution in [0.25, 0.3) is 0 Å². The molecule has 0 amide bonds. The molecule has 0 bridgehead atoms. The number of rotatable bonds is 17. The summed E-state index contributed by atoms with van der Waals surface area (Å²) >= 11 is 3.33. The van der Waals surface area contributed by atoms with Gasteiger partial charge in [0.2, 0.25) is 0 Å². The molecule has 1 aromatic carbocycles. The summed E-state index contributed by atoms with van der Waals surface area (Å²) in [5.74, 6) is -0.431. The summed E-state index contributed by atoms with van der Waals surface area (Å²) < 4.78 is 6.02. The van der Waals surface area contributed by atoms with Crippen LogP contribution in [-0.4, -0.2) is 18.4 Å². The molecule has 0 atom stereocenters. The van der Waals surface area contributed by atoms with Gasteiger partial charge in [0.05, 0.1) is 0 Å². The lowest BCUT2D eigenvalue weighted by Gasteiger charge is -2.05. The van der Waals surface area contributed by atoms with Gasteiger partial charge in [0.15, 0.2) is 12.4 Å². The van der Waals surface area contributed by atoms with E-state index >= 15 is 0 Å². The van der Waals surface area contributed by atoms with Crippen LogP contribution in [0.3, 0.4) is 0 Å². The van der Waals surface area contributed by atoms with Crippen molar-refractivity contribution in [3.63, 3.8) is 0 Å². The van der Waals surface area contributed by atoms with Crippen LogP contribution in [0.4, 0.5) is 0 Å². The van der Waals surface area contributed by atoms with Gasteiger partial charge in [-0.05, 0) is 18.6 Å². The van der Waals surface area contributed by atoms with E-state index in [1.165, 1.54) is 70.6 Å². The summed E-state index contributed by atoms with van der Waals surface area (Å²) in [7, 11) is 0. The van der Waals surface area contributed by atoms with E-state index in [9.17, 15) is 9.59 Å². The Morgan fingerprint density at radius 1 is 0.750 bits per heavy atom. The highest BCUT2D eigenvalue weighted by atomic mass is 79.9. The fraction of sp³-hybridized carbons (Fsp3) is 0.667. The molecule has 0 saturated carbocycles. The fourth-order valence-electron chi connectivity index (χ4n) is 3.22. The van der Waals surface area contributed by atoms with Gasteiger partial charge < -0.3 is 4.74 Å². The topological polar surface area (TPSA) is 43.4 Å². The molecule has 0 aliphatic rings. The first kappa shape index (κ1) is 24.9. The van der Waals surface area contributed by atoms with Crippen LogP contribution in [0, 0.1) is 0 Å². The van der Waals surface area contributed by atoms with E-state index in [0.717, 1.165) is 17.3 Å². The number of ether oxygens (including phenoxy) is 1. The van der Waals surface area contributed by atoms with Crippen molar-refractivity contribution in [2.75, 3.05) is 6.61 Å². The van der Waals surface area contributed by atoms with Gasteiger partial charge >= 0.3 is 5.97 Å². The highest BCUT2D eigenvalue weighted by molar-refractivity contribution is 9.10. The molecule has 0 saturated heterocycles. The molecule has 1 aromatic rings. The number of ketones is 1. The van der Waals surface area contributed by atoms with Gasteiger partial charge in [-0.25, -0.2) is 0 Å². The summed E-state index contributed by atoms with van der Waals surface area (Å²) in [6.07, 6.45) is 17.1. The Morgan fingerprint density at radius 2 is 1.21 bits per heavy atom. The zero-order valence-corrected chi connectivity index (χ0v) is 19.1. The first-order valence-corrected chi connectivity index (χ1v) is 11.9. The average Bonchev–Trinajstić information content (AvgIpc) is 2.70. The second-order valence-corrected chi connectivity index (χ2v) is 8.50. The van der Waals surface area contributed by atoms with Crippen LogP contribution in [0.15, 0.2) is 28.7 Å². The number of unbranched alkanes of at least 4 members (excludes halogenated alkanes) is 12. The summed E-state index contributed by atoms with van der Waals surface area (Å²) in [6.45, 7) is 2.09. The van der Waals surface area contributed by atoms with Gasteiger partial charge in [0.25, 0.3) is 0 Å². The first-order chi connectivity index (χ1) is 13.6. The van der Waals surface area contributed by atoms with Crippen LogP contribution >= 0.6 is 15.9 Å². The molecule has 4 heteroatoms. The van der Waals surface area contributed by atoms with E-state index in [-0.39, 0.29) is 18.4 Å². The molecule has 0 aromatic heterocycles. The van der Waals surface area contributed by atoms with E-state index < -0.39 is 0 Å². The molecule has 158 valence electrons. The van der Waals surface area contributed by atoms with Crippen LogP contribution in [0.1, 0.15) is 107 Å². The molecule has 0 aliphatic carbocycles. The van der Waals surface area contributed by atoms with Gasteiger partial charge in [0, 0.05) is 16.5 Å². The summed E-state index contributed by atoms with van der Waals surface area (Å²) in [4.78, 5) is 23.7. The molecule has 0 aliphatic heterocycles. The molecule has 0 heterocycles. The van der Waals surface area contributed by atoms with E-state index in [1.54, 1.807) is 12.1 Å². The monoisotopic (exact) mass is 452 g/mol. The van der Waals surface area contributed by atoms with Gasteiger partial charge in [-0.3, -0.25) is 9.59 Å². The predicted octanol–water partition coefficient (Wildman–Crippen LogP) is 7.66. The number of Topliss-reactive ketones (excluding diaryl/α,β-unsaturated/α-hetero) is 1. The van der Waals surface area contributed by atoms with Crippen LogP contribution < -0.4 is 0 Å². The Labute approximate surface area is 179 Å². The number of benzene rings is 1. The number of halogens is 1. The van der Waals surface area contributed by atoms with Gasteiger partial charge in [-0.1, -0.05) is 112 Å². The van der Waals surface area contributed by atoms with E-state index in [1.807, 2.05) is 12.1 Å². The second kappa shape index (κ2) is 16.8. The molecule has 28 heavy (non-hydrogen) atoms. The van der Waals surface area contributed by atoms with E-state index in [0.29, 0.717) is 12.0 Å². The van der Waals surface area contributed by atoms with Gasteiger partial charge in [-0.15, -0.1) is 0 Å². The summed E-state index contributed by atoms with van der Waals surface area (Å²) in [5, 5.41) is 0. The van der Waals surface area contributed by atoms with Crippen LogP contribution in [-0.2, 0) is 9.53 Å². The zero-order chi connectivity index (χ0) is 20.5. The molecule has 3 nitrogen and oxygen atoms in total. The van der Waals surface area contributed by atoms with Crippen molar-refractivity contribution in [3.8, 4) is 0 Å². The number of hydrogen-bond donors (Lipinski definition) is 0. The Bertz CT molecular complexity index is 539. The van der Waals surface area contributed by atoms with Crippen molar-refractivity contribution in [2.45, 2.75) is 96.8 Å². The first-order valence-electron chi connectivity index (χ1n) is 11.1. The van der Waals surface area contributed by atoms with Crippen LogP contribution in [0.2, 0.25) is 0 Å². The van der Waals surface area contributed by atoms with Gasteiger partial charge in [-0.2, -0.15) is 0 Å². The summed E-state index contributed by atoms with van der Waals surface area (Å²) in [6, 6.07) is 7.07. The molecule has 0 spiro atoms. The molecule has 0 unspecified atom stereocenters. The smallest absolute Gasteiger partial charge is 0.306 e. The zero-order valence-electron chi connectivity index (χ0n) is 17.5. The molecule has 0 fully saturated rings. The number of esters is 1. The Balaban J connectivity index is 1.90. The molecule has 1 rings (SSSR count). The molecule has 0 N–H and O–H groups in total. The highest BCUT2D eigenvalue weighted by Crippen LogP contribution is 2.14. The third-order valence-electron chi connectivity index (χ3n) is 5.01. The lowest BCUT2D eigenvalue weighted by Crippen LogP contribution is -2.13. The van der Waals surface area contributed by atoms with Crippen molar-refractivity contribution in [1.82, 2.24) is 0 Å². The van der Waals surface area contributed by atoms with Crippen molar-refractivity contribution in [2.24, 2.45) is 0 Å². The largest absolute Gasteiger partial charge is 0.457 e. The van der Waals surface area contributed by atoms with E-state index in [2.05, 4.69) is 22.9 Å². The van der Waals surface area contributed by atoms with Crippen molar-refractivity contribution >= 4 is 27.7 Å². The maximum Gasteiger partial charge on any atom is 0.306 e. The predicted molar refractivity (Wildman–Crippen MR) is 120 cm³/mol.